The first-order chi connectivity index (χ1) is 10.6. The molecule has 1 N–H and O–H groups in total. The van der Waals surface area contributed by atoms with E-state index in [1.807, 2.05) is 27.8 Å². The predicted molar refractivity (Wildman–Crippen MR) is 91.4 cm³/mol. The van der Waals surface area contributed by atoms with Crippen LogP contribution in [0.2, 0.25) is 0 Å². The second-order valence-electron chi connectivity index (χ2n) is 7.55. The van der Waals surface area contributed by atoms with Crippen LogP contribution in [0.1, 0.15) is 53.9 Å². The number of ether oxygens (including phenoxy) is 1. The molecule has 1 aliphatic heterocycles. The van der Waals surface area contributed by atoms with E-state index in [0.29, 0.717) is 25.6 Å². The molecule has 1 fully saturated rings. The van der Waals surface area contributed by atoms with E-state index >= 15 is 0 Å². The molecule has 1 saturated heterocycles. The van der Waals surface area contributed by atoms with Crippen molar-refractivity contribution in [2.75, 3.05) is 26.7 Å². The van der Waals surface area contributed by atoms with Gasteiger partial charge in [-0.15, -0.1) is 0 Å². The number of likely N-dealkylation sites (tertiary alicyclic amines) is 1. The van der Waals surface area contributed by atoms with Gasteiger partial charge in [-0.25, -0.2) is 4.79 Å². The first-order valence-electron chi connectivity index (χ1n) is 8.59. The van der Waals surface area contributed by atoms with Gasteiger partial charge < -0.3 is 15.0 Å². The first-order valence-corrected chi connectivity index (χ1v) is 8.59. The van der Waals surface area contributed by atoms with Gasteiger partial charge in [-0.3, -0.25) is 9.69 Å². The van der Waals surface area contributed by atoms with Gasteiger partial charge in [0.25, 0.3) is 0 Å². The quantitative estimate of drug-likeness (QED) is 0.841. The van der Waals surface area contributed by atoms with Gasteiger partial charge in [0.15, 0.2) is 0 Å². The molecule has 6 heteroatoms. The molecule has 0 aliphatic carbocycles. The highest BCUT2D eigenvalue weighted by molar-refractivity contribution is 5.85. The third kappa shape index (κ3) is 6.77. The number of rotatable bonds is 5. The molecule has 1 rings (SSSR count). The van der Waals surface area contributed by atoms with Gasteiger partial charge in [-0.1, -0.05) is 0 Å². The minimum absolute atomic E-state index is 0.0762. The van der Waals surface area contributed by atoms with Crippen molar-refractivity contribution < 1.29 is 14.3 Å². The van der Waals surface area contributed by atoms with Crippen molar-refractivity contribution in [2.45, 2.75) is 71.6 Å². The second kappa shape index (κ2) is 8.52. The van der Waals surface area contributed by atoms with Crippen LogP contribution in [0, 0.1) is 0 Å². The van der Waals surface area contributed by atoms with Crippen molar-refractivity contribution in [3.05, 3.63) is 0 Å². The highest BCUT2D eigenvalue weighted by atomic mass is 16.6. The summed E-state index contributed by atoms with van der Waals surface area (Å²) in [6.07, 6.45) is 2.18. The lowest BCUT2D eigenvalue weighted by atomic mass is 10.0. The maximum absolute atomic E-state index is 12.5. The summed E-state index contributed by atoms with van der Waals surface area (Å²) in [5.74, 6) is -0.0762. The number of piperidine rings is 1. The summed E-state index contributed by atoms with van der Waals surface area (Å²) in [5, 5.41) is 2.96. The SMILES string of the molecule is CC(C)N(C)CCNC(=O)[C@H]1CCCCN1C(=O)OC(C)(C)C. The monoisotopic (exact) mass is 327 g/mol. The molecule has 23 heavy (non-hydrogen) atoms. The number of hydrogen-bond acceptors (Lipinski definition) is 4. The zero-order valence-electron chi connectivity index (χ0n) is 15.5. The lowest BCUT2D eigenvalue weighted by molar-refractivity contribution is -0.127. The van der Waals surface area contributed by atoms with Gasteiger partial charge in [0, 0.05) is 25.7 Å². The molecule has 0 aromatic heterocycles. The molecule has 2 amide bonds. The van der Waals surface area contributed by atoms with Crippen LogP contribution >= 0.6 is 0 Å². The Labute approximate surface area is 140 Å². The van der Waals surface area contributed by atoms with Gasteiger partial charge in [-0.05, 0) is 60.9 Å². The van der Waals surface area contributed by atoms with E-state index in [9.17, 15) is 9.59 Å². The van der Waals surface area contributed by atoms with Crippen molar-refractivity contribution in [2.24, 2.45) is 0 Å². The van der Waals surface area contributed by atoms with E-state index in [4.69, 9.17) is 4.74 Å². The lowest BCUT2D eigenvalue weighted by Gasteiger charge is -2.36. The van der Waals surface area contributed by atoms with Crippen LogP contribution in [0.3, 0.4) is 0 Å². The van der Waals surface area contributed by atoms with E-state index in [2.05, 4.69) is 24.1 Å². The van der Waals surface area contributed by atoms with Crippen LogP contribution in [-0.2, 0) is 9.53 Å². The Morgan fingerprint density at radius 1 is 1.30 bits per heavy atom. The molecule has 0 spiro atoms. The zero-order chi connectivity index (χ0) is 17.6. The van der Waals surface area contributed by atoms with Crippen molar-refractivity contribution >= 4 is 12.0 Å². The molecule has 6 nitrogen and oxygen atoms in total. The number of nitrogens with one attached hydrogen (secondary N) is 1. The molecule has 1 atom stereocenters. The van der Waals surface area contributed by atoms with Gasteiger partial charge in [0.2, 0.25) is 5.91 Å². The Bertz CT molecular complexity index is 404. The van der Waals surface area contributed by atoms with Gasteiger partial charge >= 0.3 is 6.09 Å². The second-order valence-corrected chi connectivity index (χ2v) is 7.55. The number of hydrogen-bond donors (Lipinski definition) is 1. The number of amides is 2. The van der Waals surface area contributed by atoms with E-state index in [0.717, 1.165) is 19.4 Å². The Morgan fingerprint density at radius 3 is 2.52 bits per heavy atom. The number of nitrogens with zero attached hydrogens (tertiary/aromatic N) is 2. The summed E-state index contributed by atoms with van der Waals surface area (Å²) in [6, 6.07) is 0.0304. The number of carbonyl (C=O) groups is 2. The minimum atomic E-state index is -0.546. The first kappa shape index (κ1) is 19.7. The third-order valence-corrected chi connectivity index (χ3v) is 4.08. The fourth-order valence-electron chi connectivity index (χ4n) is 2.47. The van der Waals surface area contributed by atoms with E-state index in [1.165, 1.54) is 0 Å². The number of carbonyl (C=O) groups excluding carboxylic acids is 2. The zero-order valence-corrected chi connectivity index (χ0v) is 15.5. The molecule has 0 aromatic rings. The van der Waals surface area contributed by atoms with Crippen LogP contribution in [-0.4, -0.2) is 66.2 Å². The molecule has 0 bridgehead atoms. The van der Waals surface area contributed by atoms with Crippen molar-refractivity contribution in [3.8, 4) is 0 Å². The van der Waals surface area contributed by atoms with Crippen LogP contribution in [0.5, 0.6) is 0 Å². The topological polar surface area (TPSA) is 61.9 Å². The molecule has 0 saturated carbocycles. The van der Waals surface area contributed by atoms with Crippen molar-refractivity contribution in [1.29, 1.82) is 0 Å². The molecule has 0 aromatic carbocycles. The van der Waals surface area contributed by atoms with E-state index in [-0.39, 0.29) is 5.91 Å². The summed E-state index contributed by atoms with van der Waals surface area (Å²) in [4.78, 5) is 28.5. The smallest absolute Gasteiger partial charge is 0.410 e. The van der Waals surface area contributed by atoms with E-state index in [1.54, 1.807) is 4.90 Å². The van der Waals surface area contributed by atoms with Crippen molar-refractivity contribution in [3.63, 3.8) is 0 Å². The summed E-state index contributed by atoms with van der Waals surface area (Å²) in [7, 11) is 2.03. The largest absolute Gasteiger partial charge is 0.444 e. The fourth-order valence-corrected chi connectivity index (χ4v) is 2.47. The van der Waals surface area contributed by atoms with E-state index < -0.39 is 17.7 Å². The molecule has 0 unspecified atom stereocenters. The fraction of sp³-hybridized carbons (Fsp3) is 0.882. The highest BCUT2D eigenvalue weighted by Gasteiger charge is 2.34. The van der Waals surface area contributed by atoms with Crippen LogP contribution in [0.25, 0.3) is 0 Å². The Hall–Kier alpha value is -1.30. The highest BCUT2D eigenvalue weighted by Crippen LogP contribution is 2.20. The average molecular weight is 327 g/mol. The molecule has 1 aliphatic rings. The lowest BCUT2D eigenvalue weighted by Crippen LogP contribution is -2.53. The molecule has 1 heterocycles. The Balaban J connectivity index is 2.56. The summed E-state index contributed by atoms with van der Waals surface area (Å²) in [6.45, 7) is 11.7. The van der Waals surface area contributed by atoms with Crippen LogP contribution in [0.4, 0.5) is 4.79 Å². The normalized spacial score (nSPS) is 19.1. The van der Waals surface area contributed by atoms with Gasteiger partial charge in [-0.2, -0.15) is 0 Å². The number of likely N-dealkylation sites (N-methyl/N-ethyl adjacent to an activating group) is 1. The van der Waals surface area contributed by atoms with Crippen molar-refractivity contribution in [1.82, 2.24) is 15.1 Å². The Morgan fingerprint density at radius 2 is 1.96 bits per heavy atom. The molecular formula is C17H33N3O3. The predicted octanol–water partition coefficient (Wildman–Crippen LogP) is 2.23. The van der Waals surface area contributed by atoms with Gasteiger partial charge in [0.05, 0.1) is 0 Å². The average Bonchev–Trinajstić information content (AvgIpc) is 2.45. The van der Waals surface area contributed by atoms with Crippen LogP contribution in [0.15, 0.2) is 0 Å². The molecular weight excluding hydrogens is 294 g/mol. The maximum atomic E-state index is 12.5. The summed E-state index contributed by atoms with van der Waals surface area (Å²) in [5.41, 5.74) is -0.546. The minimum Gasteiger partial charge on any atom is -0.444 e. The summed E-state index contributed by atoms with van der Waals surface area (Å²) < 4.78 is 5.43. The molecule has 134 valence electrons. The third-order valence-electron chi connectivity index (χ3n) is 4.08. The molecule has 0 radical (unpaired) electrons. The van der Waals surface area contributed by atoms with Gasteiger partial charge in [0.1, 0.15) is 11.6 Å². The Kier molecular flexibility index (Phi) is 7.32. The van der Waals surface area contributed by atoms with Crippen LogP contribution < -0.4 is 5.32 Å². The summed E-state index contributed by atoms with van der Waals surface area (Å²) >= 11 is 0. The standard InChI is InChI=1S/C17H33N3O3/c1-13(2)19(6)12-10-18-15(21)14-9-7-8-11-20(14)16(22)23-17(3,4)5/h13-14H,7-12H2,1-6H3,(H,18,21)/t14-/m1/s1. The maximum Gasteiger partial charge on any atom is 0.410 e.